The summed E-state index contributed by atoms with van der Waals surface area (Å²) >= 11 is 6.15. The number of amides is 1. The number of aromatic nitrogens is 1. The van der Waals surface area contributed by atoms with Crippen molar-refractivity contribution in [3.8, 4) is 11.3 Å². The number of carbonyl (C=O) groups excluding carboxylic acids is 1. The van der Waals surface area contributed by atoms with Gasteiger partial charge in [0.15, 0.2) is 0 Å². The smallest absolute Gasteiger partial charge is 0.412 e. The fourth-order valence-electron chi connectivity index (χ4n) is 2.88. The van der Waals surface area contributed by atoms with Gasteiger partial charge in [-0.3, -0.25) is 10.1 Å². The third kappa shape index (κ3) is 6.20. The van der Waals surface area contributed by atoms with Gasteiger partial charge in [-0.05, 0) is 25.0 Å². The van der Waals surface area contributed by atoms with Gasteiger partial charge in [0.05, 0.1) is 0 Å². The lowest BCUT2D eigenvalue weighted by atomic mass is 10.1. The van der Waals surface area contributed by atoms with Gasteiger partial charge >= 0.3 is 12.1 Å². The summed E-state index contributed by atoms with van der Waals surface area (Å²) in [6.45, 7) is 1.73. The fraction of sp³-hybridized carbons (Fsp3) is 0.174. The number of aliphatic carboxylic acids is 1. The number of allylic oxidation sites excluding steroid dienone is 1. The summed E-state index contributed by atoms with van der Waals surface area (Å²) in [5.41, 5.74) is 3.20. The van der Waals surface area contributed by atoms with Crippen molar-refractivity contribution < 1.29 is 24.0 Å². The Morgan fingerprint density at radius 2 is 1.97 bits per heavy atom. The van der Waals surface area contributed by atoms with Gasteiger partial charge in [0, 0.05) is 22.6 Å². The topological polar surface area (TPSA) is 102 Å². The molecule has 31 heavy (non-hydrogen) atoms. The molecule has 2 aromatic carbocycles. The van der Waals surface area contributed by atoms with Gasteiger partial charge < -0.3 is 14.4 Å². The quantitative estimate of drug-likeness (QED) is 0.433. The third-order valence-electron chi connectivity index (χ3n) is 4.45. The number of benzene rings is 2. The number of halogens is 1. The Balaban J connectivity index is 1.63. The first kappa shape index (κ1) is 22.1. The zero-order valence-corrected chi connectivity index (χ0v) is 17.5. The van der Waals surface area contributed by atoms with Crippen molar-refractivity contribution in [2.75, 3.05) is 5.32 Å². The van der Waals surface area contributed by atoms with E-state index in [0.29, 0.717) is 28.4 Å². The molecule has 0 aliphatic heterocycles. The van der Waals surface area contributed by atoms with E-state index in [2.05, 4.69) is 10.5 Å². The molecule has 1 atom stereocenters. The molecule has 0 saturated heterocycles. The van der Waals surface area contributed by atoms with E-state index in [1.165, 1.54) is 6.26 Å². The van der Waals surface area contributed by atoms with Gasteiger partial charge in [-0.25, -0.2) is 4.79 Å². The summed E-state index contributed by atoms with van der Waals surface area (Å²) in [5.74, 6) is -0.828. The molecule has 7 nitrogen and oxygen atoms in total. The van der Waals surface area contributed by atoms with Crippen LogP contribution < -0.4 is 5.32 Å². The minimum absolute atomic E-state index is 0.0910. The molecule has 0 fully saturated rings. The van der Waals surface area contributed by atoms with E-state index in [0.717, 1.165) is 11.1 Å². The van der Waals surface area contributed by atoms with E-state index in [1.807, 2.05) is 42.5 Å². The minimum atomic E-state index is -0.828. The Kier molecular flexibility index (Phi) is 7.45. The summed E-state index contributed by atoms with van der Waals surface area (Å²) in [6, 6.07) is 14.5. The molecule has 0 aliphatic rings. The zero-order chi connectivity index (χ0) is 22.2. The lowest BCUT2D eigenvalue weighted by molar-refractivity contribution is -0.136. The molecule has 160 valence electrons. The Hall–Kier alpha value is -3.58. The van der Waals surface area contributed by atoms with Crippen LogP contribution in [0.25, 0.3) is 17.3 Å². The van der Waals surface area contributed by atoms with Crippen LogP contribution in [0.4, 0.5) is 10.5 Å². The van der Waals surface area contributed by atoms with Crippen LogP contribution in [-0.4, -0.2) is 22.3 Å². The lowest BCUT2D eigenvalue weighted by Gasteiger charge is -2.15. The first-order valence-corrected chi connectivity index (χ1v) is 9.97. The van der Waals surface area contributed by atoms with Gasteiger partial charge in [0.1, 0.15) is 23.7 Å². The van der Waals surface area contributed by atoms with Gasteiger partial charge in [0.2, 0.25) is 0 Å². The lowest BCUT2D eigenvalue weighted by Crippen LogP contribution is -2.16. The van der Waals surface area contributed by atoms with Gasteiger partial charge in [-0.2, -0.15) is 0 Å². The van der Waals surface area contributed by atoms with Gasteiger partial charge in [0.25, 0.3) is 0 Å². The maximum Gasteiger partial charge on any atom is 0.412 e. The molecule has 0 radical (unpaired) electrons. The van der Waals surface area contributed by atoms with Gasteiger partial charge in [-0.15, -0.1) is 0 Å². The predicted octanol–water partition coefficient (Wildman–Crippen LogP) is 6.18. The second-order valence-electron chi connectivity index (χ2n) is 6.73. The summed E-state index contributed by atoms with van der Waals surface area (Å²) in [6.07, 6.45) is 4.34. The minimum Gasteiger partial charge on any atom is -0.481 e. The van der Waals surface area contributed by atoms with Crippen LogP contribution in [0.3, 0.4) is 0 Å². The van der Waals surface area contributed by atoms with Crippen molar-refractivity contribution in [3.05, 3.63) is 77.0 Å². The van der Waals surface area contributed by atoms with Crippen LogP contribution in [0, 0.1) is 0 Å². The SMILES string of the molecule is C[C@@H](OC(=O)Nc1conc1-c1ccc(C=CCCC(=O)O)cc1)c1ccccc1Cl. The number of carboxylic acids is 1. The highest BCUT2D eigenvalue weighted by atomic mass is 35.5. The molecule has 2 N–H and O–H groups in total. The number of ether oxygens (including phenoxy) is 1. The molecule has 0 bridgehead atoms. The van der Waals surface area contributed by atoms with Crippen molar-refractivity contribution in [3.63, 3.8) is 0 Å². The highest BCUT2D eigenvalue weighted by Crippen LogP contribution is 2.29. The average Bonchev–Trinajstić information content (AvgIpc) is 3.19. The number of rotatable bonds is 8. The summed E-state index contributed by atoms with van der Waals surface area (Å²) in [7, 11) is 0. The molecular weight excluding hydrogens is 420 g/mol. The highest BCUT2D eigenvalue weighted by molar-refractivity contribution is 6.31. The molecule has 0 saturated carbocycles. The second-order valence-corrected chi connectivity index (χ2v) is 7.13. The molecule has 8 heteroatoms. The number of carbonyl (C=O) groups is 2. The molecule has 1 aromatic heterocycles. The average molecular weight is 441 g/mol. The van der Waals surface area contributed by atoms with Gasteiger partial charge in [-0.1, -0.05) is 71.4 Å². The molecular formula is C23H21ClN2O5. The van der Waals surface area contributed by atoms with E-state index in [-0.39, 0.29) is 6.42 Å². The van der Waals surface area contributed by atoms with Crippen LogP contribution in [-0.2, 0) is 9.53 Å². The van der Waals surface area contributed by atoms with Crippen molar-refractivity contribution in [1.82, 2.24) is 5.16 Å². The first-order chi connectivity index (χ1) is 14.9. The molecule has 1 amide bonds. The third-order valence-corrected chi connectivity index (χ3v) is 4.80. The second kappa shape index (κ2) is 10.4. The number of hydrogen-bond donors (Lipinski definition) is 2. The van der Waals surface area contributed by atoms with Crippen LogP contribution in [0.1, 0.15) is 37.0 Å². The Labute approximate surface area is 184 Å². The largest absolute Gasteiger partial charge is 0.481 e. The van der Waals surface area contributed by atoms with E-state index in [1.54, 1.807) is 25.1 Å². The molecule has 1 heterocycles. The molecule has 3 aromatic rings. The standard InChI is InChI=1S/C23H21ClN2O5/c1-15(18-7-3-4-8-19(18)24)31-23(29)25-20-14-30-26-22(20)17-12-10-16(11-13-17)6-2-5-9-21(27)28/h2-4,6-8,10-15H,5,9H2,1H3,(H,25,29)(H,27,28)/t15-/m1/s1. The maximum absolute atomic E-state index is 12.3. The van der Waals surface area contributed by atoms with E-state index < -0.39 is 18.2 Å². The number of anilines is 1. The van der Waals surface area contributed by atoms with Crippen molar-refractivity contribution >= 4 is 35.4 Å². The first-order valence-electron chi connectivity index (χ1n) is 9.59. The number of carboxylic acid groups (broad SMARTS) is 1. The van der Waals surface area contributed by atoms with Crippen LogP contribution in [0.15, 0.2) is 65.4 Å². The van der Waals surface area contributed by atoms with Crippen molar-refractivity contribution in [1.29, 1.82) is 0 Å². The van der Waals surface area contributed by atoms with Crippen LogP contribution >= 0.6 is 11.6 Å². The number of hydrogen-bond acceptors (Lipinski definition) is 5. The van der Waals surface area contributed by atoms with E-state index >= 15 is 0 Å². The van der Waals surface area contributed by atoms with Crippen molar-refractivity contribution in [2.45, 2.75) is 25.9 Å². The summed E-state index contributed by atoms with van der Waals surface area (Å²) < 4.78 is 10.4. The summed E-state index contributed by atoms with van der Waals surface area (Å²) in [4.78, 5) is 22.9. The zero-order valence-electron chi connectivity index (χ0n) is 16.7. The highest BCUT2D eigenvalue weighted by Gasteiger charge is 2.18. The summed E-state index contributed by atoms with van der Waals surface area (Å²) in [5, 5.41) is 15.8. The molecule has 0 unspecified atom stereocenters. The Morgan fingerprint density at radius 1 is 1.23 bits per heavy atom. The van der Waals surface area contributed by atoms with Crippen LogP contribution in [0.5, 0.6) is 0 Å². The van der Waals surface area contributed by atoms with Crippen LogP contribution in [0.2, 0.25) is 5.02 Å². The predicted molar refractivity (Wildman–Crippen MR) is 118 cm³/mol. The van der Waals surface area contributed by atoms with E-state index in [9.17, 15) is 9.59 Å². The normalized spacial score (nSPS) is 11.9. The maximum atomic E-state index is 12.3. The Bertz CT molecular complexity index is 1080. The molecule has 3 rings (SSSR count). The van der Waals surface area contributed by atoms with Crippen molar-refractivity contribution in [2.24, 2.45) is 0 Å². The molecule has 0 spiro atoms. The number of nitrogens with one attached hydrogen (secondary N) is 1. The molecule has 0 aliphatic carbocycles. The Morgan fingerprint density at radius 3 is 2.68 bits per heavy atom. The number of nitrogens with zero attached hydrogens (tertiary/aromatic N) is 1. The monoisotopic (exact) mass is 440 g/mol. The fourth-order valence-corrected chi connectivity index (χ4v) is 3.17. The van der Waals surface area contributed by atoms with E-state index in [4.69, 9.17) is 26.0 Å².